The molecule has 2 aromatic rings. The number of carbonyl (C=O) groups excluding carboxylic acids is 1. The van der Waals surface area contributed by atoms with E-state index in [1.54, 1.807) is 19.2 Å². The Morgan fingerprint density at radius 3 is 2.71 bits per heavy atom. The van der Waals surface area contributed by atoms with Gasteiger partial charge in [0.2, 0.25) is 0 Å². The molecular formula is C21H26N2O4S. The summed E-state index contributed by atoms with van der Waals surface area (Å²) in [5.74, 6) is -0.744. The smallest absolute Gasteiger partial charge is 0.339 e. The minimum atomic E-state index is -0.994. The maximum Gasteiger partial charge on any atom is 0.339 e. The standard InChI is InChI=1S/C21H26N2O4S/c1-21(2)8-7-16-15(10-21)17(20(25)26)19(28-16)23-18(24)14-9-13(27-4)6-5-12(14)11-22-3/h5-6,9,22H,7-8,10-11H2,1-4H3,(H,23,24)(H,25,26). The number of carbonyl (C=O) groups is 2. The lowest BCUT2D eigenvalue weighted by atomic mass is 9.76. The third kappa shape index (κ3) is 4.05. The Morgan fingerprint density at radius 1 is 1.32 bits per heavy atom. The van der Waals surface area contributed by atoms with Gasteiger partial charge in [0.15, 0.2) is 0 Å². The van der Waals surface area contributed by atoms with Crippen molar-refractivity contribution < 1.29 is 19.4 Å². The van der Waals surface area contributed by atoms with E-state index < -0.39 is 5.97 Å². The number of hydrogen-bond donors (Lipinski definition) is 3. The molecule has 0 bridgehead atoms. The van der Waals surface area contributed by atoms with Gasteiger partial charge in [-0.25, -0.2) is 4.79 Å². The lowest BCUT2D eigenvalue weighted by molar-refractivity contribution is 0.0696. The molecule has 28 heavy (non-hydrogen) atoms. The summed E-state index contributed by atoms with van der Waals surface area (Å²) in [4.78, 5) is 26.1. The molecular weight excluding hydrogens is 376 g/mol. The molecule has 3 rings (SSSR count). The van der Waals surface area contributed by atoms with Gasteiger partial charge in [-0.15, -0.1) is 11.3 Å². The summed E-state index contributed by atoms with van der Waals surface area (Å²) in [6.07, 6.45) is 2.56. The summed E-state index contributed by atoms with van der Waals surface area (Å²) < 4.78 is 5.25. The first-order valence-electron chi connectivity index (χ1n) is 9.26. The van der Waals surface area contributed by atoms with Crippen molar-refractivity contribution >= 4 is 28.2 Å². The van der Waals surface area contributed by atoms with E-state index in [9.17, 15) is 14.7 Å². The van der Waals surface area contributed by atoms with E-state index in [4.69, 9.17) is 4.74 Å². The number of aromatic carboxylic acids is 1. The Balaban J connectivity index is 1.97. The minimum Gasteiger partial charge on any atom is -0.497 e. The molecule has 0 unspecified atom stereocenters. The fourth-order valence-electron chi connectivity index (χ4n) is 3.64. The van der Waals surface area contributed by atoms with Crippen LogP contribution < -0.4 is 15.4 Å². The van der Waals surface area contributed by atoms with Gasteiger partial charge in [0.1, 0.15) is 10.8 Å². The summed E-state index contributed by atoms with van der Waals surface area (Å²) in [6.45, 7) is 4.82. The quantitative estimate of drug-likeness (QED) is 0.681. The Morgan fingerprint density at radius 2 is 2.07 bits per heavy atom. The number of amides is 1. The van der Waals surface area contributed by atoms with Gasteiger partial charge in [0.05, 0.1) is 12.7 Å². The van der Waals surface area contributed by atoms with Crippen molar-refractivity contribution in [1.82, 2.24) is 5.32 Å². The number of fused-ring (bicyclic) bond motifs is 1. The second kappa shape index (κ2) is 7.93. The van der Waals surface area contributed by atoms with Gasteiger partial charge in [0.25, 0.3) is 5.91 Å². The molecule has 1 aliphatic carbocycles. The van der Waals surface area contributed by atoms with Crippen LogP contribution in [0.1, 0.15) is 57.0 Å². The number of thiophene rings is 1. The molecule has 0 aliphatic heterocycles. The highest BCUT2D eigenvalue weighted by molar-refractivity contribution is 7.17. The third-order valence-corrected chi connectivity index (χ3v) is 6.35. The second-order valence-electron chi connectivity index (χ2n) is 7.86. The summed E-state index contributed by atoms with van der Waals surface area (Å²) in [6, 6.07) is 5.32. The highest BCUT2D eigenvalue weighted by Gasteiger charge is 2.33. The monoisotopic (exact) mass is 402 g/mol. The first kappa shape index (κ1) is 20.4. The number of benzene rings is 1. The molecule has 0 saturated carbocycles. The molecule has 1 aromatic heterocycles. The molecule has 6 nitrogen and oxygen atoms in total. The van der Waals surface area contributed by atoms with Gasteiger partial charge in [-0.3, -0.25) is 4.79 Å². The lowest BCUT2D eigenvalue weighted by Crippen LogP contribution is -2.23. The van der Waals surface area contributed by atoms with Gasteiger partial charge < -0.3 is 20.5 Å². The SMILES string of the molecule is CNCc1ccc(OC)cc1C(=O)Nc1sc2c(c1C(=O)O)CC(C)(C)CC2. The molecule has 7 heteroatoms. The maximum absolute atomic E-state index is 13.0. The van der Waals surface area contributed by atoms with Crippen molar-refractivity contribution in [3.8, 4) is 5.75 Å². The van der Waals surface area contributed by atoms with Gasteiger partial charge in [-0.2, -0.15) is 0 Å². The van der Waals surface area contributed by atoms with E-state index in [1.807, 2.05) is 13.1 Å². The zero-order valence-electron chi connectivity index (χ0n) is 16.6. The number of ether oxygens (including phenoxy) is 1. The summed E-state index contributed by atoms with van der Waals surface area (Å²) in [5, 5.41) is 16.1. The molecule has 0 atom stereocenters. The minimum absolute atomic E-state index is 0.0618. The van der Waals surface area contributed by atoms with Crippen LogP contribution in [0.5, 0.6) is 5.75 Å². The van der Waals surface area contributed by atoms with Gasteiger partial charge in [-0.05, 0) is 55.0 Å². The van der Waals surface area contributed by atoms with Crippen molar-refractivity contribution in [3.05, 3.63) is 45.3 Å². The van der Waals surface area contributed by atoms with Crippen LogP contribution >= 0.6 is 11.3 Å². The van der Waals surface area contributed by atoms with Crippen LogP contribution in [-0.2, 0) is 19.4 Å². The van der Waals surface area contributed by atoms with E-state index in [2.05, 4.69) is 24.5 Å². The first-order chi connectivity index (χ1) is 13.3. The van der Waals surface area contributed by atoms with Crippen molar-refractivity contribution in [2.24, 2.45) is 5.41 Å². The molecule has 1 amide bonds. The topological polar surface area (TPSA) is 87.7 Å². The number of nitrogens with one attached hydrogen (secondary N) is 2. The average molecular weight is 403 g/mol. The number of anilines is 1. The number of aryl methyl sites for hydroxylation is 1. The van der Waals surface area contributed by atoms with Gasteiger partial charge >= 0.3 is 5.97 Å². The molecule has 0 saturated heterocycles. The van der Waals surface area contributed by atoms with E-state index in [0.717, 1.165) is 28.8 Å². The van der Waals surface area contributed by atoms with Crippen LogP contribution in [0.3, 0.4) is 0 Å². The molecule has 1 aromatic carbocycles. The Bertz CT molecular complexity index is 917. The van der Waals surface area contributed by atoms with Crippen molar-refractivity contribution in [2.75, 3.05) is 19.5 Å². The van der Waals surface area contributed by atoms with Crippen LogP contribution in [0.4, 0.5) is 5.00 Å². The zero-order chi connectivity index (χ0) is 20.5. The molecule has 0 spiro atoms. The van der Waals surface area contributed by atoms with Crippen molar-refractivity contribution in [3.63, 3.8) is 0 Å². The Hall–Kier alpha value is -2.38. The van der Waals surface area contributed by atoms with Crippen LogP contribution in [0.15, 0.2) is 18.2 Å². The summed E-state index contributed by atoms with van der Waals surface area (Å²) >= 11 is 1.38. The van der Waals surface area contributed by atoms with Gasteiger partial charge in [0, 0.05) is 17.0 Å². The normalized spacial score (nSPS) is 15.0. The molecule has 3 N–H and O–H groups in total. The zero-order valence-corrected chi connectivity index (χ0v) is 17.5. The van der Waals surface area contributed by atoms with Crippen molar-refractivity contribution in [1.29, 1.82) is 0 Å². The predicted molar refractivity (Wildman–Crippen MR) is 111 cm³/mol. The Kier molecular flexibility index (Phi) is 5.76. The van der Waals surface area contributed by atoms with E-state index in [0.29, 0.717) is 29.3 Å². The lowest BCUT2D eigenvalue weighted by Gasteiger charge is -2.29. The molecule has 150 valence electrons. The summed E-state index contributed by atoms with van der Waals surface area (Å²) in [7, 11) is 3.36. The van der Waals surface area contributed by atoms with Crippen molar-refractivity contribution in [2.45, 2.75) is 39.7 Å². The summed E-state index contributed by atoms with van der Waals surface area (Å²) in [5.41, 5.74) is 2.45. The van der Waals surface area contributed by atoms with Crippen LogP contribution in [0, 0.1) is 5.41 Å². The van der Waals surface area contributed by atoms with Gasteiger partial charge in [-0.1, -0.05) is 19.9 Å². The molecule has 0 radical (unpaired) electrons. The van der Waals surface area contributed by atoms with Crippen LogP contribution in [0.25, 0.3) is 0 Å². The largest absolute Gasteiger partial charge is 0.497 e. The fourth-order valence-corrected chi connectivity index (χ4v) is 4.85. The highest BCUT2D eigenvalue weighted by atomic mass is 32.1. The number of rotatable bonds is 6. The predicted octanol–water partition coefficient (Wildman–Crippen LogP) is 3.94. The molecule has 1 aliphatic rings. The van der Waals surface area contributed by atoms with E-state index in [1.165, 1.54) is 11.3 Å². The number of carboxylic acids is 1. The van der Waals surface area contributed by atoms with E-state index >= 15 is 0 Å². The number of methoxy groups -OCH3 is 1. The number of carboxylic acid groups (broad SMARTS) is 1. The van der Waals surface area contributed by atoms with Crippen LogP contribution in [0.2, 0.25) is 0 Å². The second-order valence-corrected chi connectivity index (χ2v) is 8.97. The fraction of sp³-hybridized carbons (Fsp3) is 0.429. The third-order valence-electron chi connectivity index (χ3n) is 5.14. The van der Waals surface area contributed by atoms with Crippen LogP contribution in [-0.4, -0.2) is 31.1 Å². The first-order valence-corrected chi connectivity index (χ1v) is 10.1. The molecule has 0 fully saturated rings. The average Bonchev–Trinajstić information content (AvgIpc) is 2.98. The van der Waals surface area contributed by atoms with E-state index in [-0.39, 0.29) is 16.9 Å². The Labute approximate surface area is 168 Å². The molecule has 1 heterocycles. The highest BCUT2D eigenvalue weighted by Crippen LogP contribution is 2.44. The number of hydrogen-bond acceptors (Lipinski definition) is 5. The maximum atomic E-state index is 13.0.